The Hall–Kier alpha value is -6.23. The molecule has 0 amide bonds. The van der Waals surface area contributed by atoms with Crippen LogP contribution in [0.25, 0.3) is 42.3 Å². The Bertz CT molecular complexity index is 2510. The lowest BCUT2D eigenvalue weighted by Gasteiger charge is -2.34. The van der Waals surface area contributed by atoms with Crippen molar-refractivity contribution in [3.8, 4) is 11.1 Å². The standard InChI is InChI=1S/C45H31N3S/c1-5-17-32(18-6-1)37-26-14-16-28-41(37)48(36-24-11-4-12-25-36)42-30-29-38-39-31-33-19-13-15-27-40(33)46-45(39)49-44(38)43(42)47(34-20-7-2-8-21-34)35-22-9-3-10-23-35/h1-31H. The maximum Gasteiger partial charge on any atom is 0.125 e. The lowest BCUT2D eigenvalue weighted by atomic mass is 10.0. The van der Waals surface area contributed by atoms with Gasteiger partial charge in [-0.05, 0) is 66.2 Å². The summed E-state index contributed by atoms with van der Waals surface area (Å²) in [5.41, 5.74) is 9.87. The van der Waals surface area contributed by atoms with Crippen molar-refractivity contribution >= 4 is 76.7 Å². The normalized spacial score (nSPS) is 11.3. The smallest absolute Gasteiger partial charge is 0.125 e. The van der Waals surface area contributed by atoms with Crippen LogP contribution in [0.15, 0.2) is 188 Å². The van der Waals surface area contributed by atoms with Gasteiger partial charge in [-0.3, -0.25) is 0 Å². The summed E-state index contributed by atoms with van der Waals surface area (Å²) >= 11 is 1.76. The fraction of sp³-hybridized carbons (Fsp3) is 0. The van der Waals surface area contributed by atoms with Crippen molar-refractivity contribution < 1.29 is 0 Å². The fourth-order valence-electron chi connectivity index (χ4n) is 6.82. The Balaban J connectivity index is 1.42. The van der Waals surface area contributed by atoms with Crippen molar-refractivity contribution in [2.24, 2.45) is 0 Å². The van der Waals surface area contributed by atoms with E-state index in [2.05, 4.69) is 198 Å². The Morgan fingerprint density at radius 1 is 0.429 bits per heavy atom. The maximum atomic E-state index is 5.19. The minimum absolute atomic E-state index is 1.01. The van der Waals surface area contributed by atoms with Crippen LogP contribution in [0.4, 0.5) is 34.1 Å². The number of fused-ring (bicyclic) bond motifs is 4. The molecule has 0 atom stereocenters. The minimum atomic E-state index is 1.01. The molecule has 232 valence electrons. The van der Waals surface area contributed by atoms with Gasteiger partial charge in [0.2, 0.25) is 0 Å². The molecule has 2 heterocycles. The largest absolute Gasteiger partial charge is 0.308 e. The van der Waals surface area contributed by atoms with E-state index >= 15 is 0 Å². The molecule has 0 saturated carbocycles. The van der Waals surface area contributed by atoms with Gasteiger partial charge in [0.05, 0.1) is 27.3 Å². The van der Waals surface area contributed by atoms with E-state index in [0.717, 1.165) is 55.4 Å². The molecule has 0 radical (unpaired) electrons. The second-order valence-electron chi connectivity index (χ2n) is 12.0. The first-order chi connectivity index (χ1) is 24.3. The molecule has 0 fully saturated rings. The van der Waals surface area contributed by atoms with Crippen LogP contribution in [0.1, 0.15) is 0 Å². The van der Waals surface area contributed by atoms with Crippen molar-refractivity contribution in [3.63, 3.8) is 0 Å². The van der Waals surface area contributed by atoms with E-state index in [0.29, 0.717) is 0 Å². The van der Waals surface area contributed by atoms with E-state index in [1.807, 2.05) is 0 Å². The maximum absolute atomic E-state index is 5.19. The summed E-state index contributed by atoms with van der Waals surface area (Å²) in [5, 5.41) is 3.51. The number of nitrogens with zero attached hydrogens (tertiary/aromatic N) is 3. The molecular formula is C45H31N3S. The van der Waals surface area contributed by atoms with Gasteiger partial charge in [-0.25, -0.2) is 4.98 Å². The van der Waals surface area contributed by atoms with Crippen LogP contribution in [-0.2, 0) is 0 Å². The third-order valence-electron chi connectivity index (χ3n) is 9.03. The zero-order chi connectivity index (χ0) is 32.6. The second-order valence-corrected chi connectivity index (χ2v) is 13.0. The molecule has 9 aromatic rings. The summed E-state index contributed by atoms with van der Waals surface area (Å²) < 4.78 is 1.18. The van der Waals surface area contributed by atoms with Gasteiger partial charge in [-0.15, -0.1) is 11.3 Å². The van der Waals surface area contributed by atoms with E-state index in [9.17, 15) is 0 Å². The van der Waals surface area contributed by atoms with Crippen molar-refractivity contribution in [2.45, 2.75) is 0 Å². The number of hydrogen-bond donors (Lipinski definition) is 0. The third kappa shape index (κ3) is 5.20. The van der Waals surface area contributed by atoms with Gasteiger partial charge >= 0.3 is 0 Å². The number of thiophene rings is 1. The highest BCUT2D eigenvalue weighted by molar-refractivity contribution is 7.26. The van der Waals surface area contributed by atoms with Gasteiger partial charge in [0.25, 0.3) is 0 Å². The number of para-hydroxylation sites is 5. The van der Waals surface area contributed by atoms with Crippen LogP contribution in [0.3, 0.4) is 0 Å². The quantitative estimate of drug-likeness (QED) is 0.172. The molecule has 0 saturated heterocycles. The minimum Gasteiger partial charge on any atom is -0.308 e. The molecule has 7 aromatic carbocycles. The highest BCUT2D eigenvalue weighted by Gasteiger charge is 2.27. The van der Waals surface area contributed by atoms with E-state index in [1.54, 1.807) is 11.3 Å². The van der Waals surface area contributed by atoms with Crippen LogP contribution in [0.5, 0.6) is 0 Å². The number of aromatic nitrogens is 1. The van der Waals surface area contributed by atoms with Gasteiger partial charge in [0.1, 0.15) is 4.83 Å². The van der Waals surface area contributed by atoms with Crippen molar-refractivity contribution in [1.29, 1.82) is 0 Å². The number of hydrogen-bond acceptors (Lipinski definition) is 4. The molecule has 9 rings (SSSR count). The molecule has 3 nitrogen and oxygen atoms in total. The molecule has 49 heavy (non-hydrogen) atoms. The third-order valence-corrected chi connectivity index (χ3v) is 10.1. The summed E-state index contributed by atoms with van der Waals surface area (Å²) in [4.78, 5) is 11.1. The predicted octanol–water partition coefficient (Wildman–Crippen LogP) is 13.2. The summed E-state index contributed by atoms with van der Waals surface area (Å²) in [6, 6.07) is 66.8. The first-order valence-electron chi connectivity index (χ1n) is 16.5. The Morgan fingerprint density at radius 2 is 0.980 bits per heavy atom. The highest BCUT2D eigenvalue weighted by Crippen LogP contribution is 2.53. The molecule has 0 aliphatic rings. The molecule has 0 unspecified atom stereocenters. The topological polar surface area (TPSA) is 19.4 Å². The summed E-state index contributed by atoms with van der Waals surface area (Å²) in [6.45, 7) is 0. The van der Waals surface area contributed by atoms with E-state index in [1.165, 1.54) is 21.0 Å². The predicted molar refractivity (Wildman–Crippen MR) is 209 cm³/mol. The molecule has 2 aromatic heterocycles. The molecule has 0 N–H and O–H groups in total. The van der Waals surface area contributed by atoms with Gasteiger partial charge in [0, 0.05) is 38.8 Å². The zero-order valence-electron chi connectivity index (χ0n) is 26.6. The summed E-state index contributed by atoms with van der Waals surface area (Å²) in [5.74, 6) is 0. The Kier molecular flexibility index (Phi) is 7.34. The molecule has 0 bridgehead atoms. The van der Waals surface area contributed by atoms with Crippen molar-refractivity contribution in [3.05, 3.63) is 188 Å². The van der Waals surface area contributed by atoms with E-state index < -0.39 is 0 Å². The second kappa shape index (κ2) is 12.4. The van der Waals surface area contributed by atoms with Gasteiger partial charge in [-0.1, -0.05) is 127 Å². The number of pyridine rings is 1. The summed E-state index contributed by atoms with van der Waals surface area (Å²) in [6.07, 6.45) is 0. The number of anilines is 6. The average Bonchev–Trinajstić information content (AvgIpc) is 3.54. The van der Waals surface area contributed by atoms with Gasteiger partial charge in [-0.2, -0.15) is 0 Å². The molecule has 0 aliphatic heterocycles. The lowest BCUT2D eigenvalue weighted by molar-refractivity contribution is 1.24. The molecule has 0 spiro atoms. The van der Waals surface area contributed by atoms with Crippen LogP contribution in [0.2, 0.25) is 0 Å². The Morgan fingerprint density at radius 3 is 1.65 bits per heavy atom. The number of rotatable bonds is 7. The van der Waals surface area contributed by atoms with E-state index in [-0.39, 0.29) is 0 Å². The molecular weight excluding hydrogens is 615 g/mol. The highest BCUT2D eigenvalue weighted by atomic mass is 32.1. The number of benzene rings is 7. The molecule has 4 heteroatoms. The lowest BCUT2D eigenvalue weighted by Crippen LogP contribution is -2.17. The van der Waals surface area contributed by atoms with Crippen LogP contribution in [0, 0.1) is 0 Å². The fourth-order valence-corrected chi connectivity index (χ4v) is 8.01. The van der Waals surface area contributed by atoms with Crippen LogP contribution < -0.4 is 9.80 Å². The SMILES string of the molecule is c1ccc(-c2ccccc2N(c2ccccc2)c2ccc3c(sc4nc5ccccc5cc43)c2N(c2ccccc2)c2ccccc2)cc1. The van der Waals surface area contributed by atoms with Crippen LogP contribution in [-0.4, -0.2) is 4.98 Å². The van der Waals surface area contributed by atoms with E-state index in [4.69, 9.17) is 4.98 Å². The van der Waals surface area contributed by atoms with Crippen molar-refractivity contribution in [1.82, 2.24) is 4.98 Å². The zero-order valence-corrected chi connectivity index (χ0v) is 27.5. The Labute approximate surface area is 289 Å². The van der Waals surface area contributed by atoms with Crippen LogP contribution >= 0.6 is 11.3 Å². The first kappa shape index (κ1) is 29.0. The monoisotopic (exact) mass is 645 g/mol. The summed E-state index contributed by atoms with van der Waals surface area (Å²) in [7, 11) is 0. The van der Waals surface area contributed by atoms with Gasteiger partial charge < -0.3 is 9.80 Å². The molecule has 0 aliphatic carbocycles. The average molecular weight is 646 g/mol. The van der Waals surface area contributed by atoms with Gasteiger partial charge in [0.15, 0.2) is 0 Å². The van der Waals surface area contributed by atoms with Crippen molar-refractivity contribution in [2.75, 3.05) is 9.80 Å². The first-order valence-corrected chi connectivity index (χ1v) is 17.3.